The lowest BCUT2D eigenvalue weighted by Gasteiger charge is -2.20. The molecule has 1 aromatic heterocycles. The highest BCUT2D eigenvalue weighted by atomic mass is 19.3. The Hall–Kier alpha value is -2.06. The Kier molecular flexibility index (Phi) is 4.03. The summed E-state index contributed by atoms with van der Waals surface area (Å²) in [6.45, 7) is 0. The number of hydrogen-bond donors (Lipinski definition) is 3. The summed E-state index contributed by atoms with van der Waals surface area (Å²) in [7, 11) is 0. The predicted octanol–water partition coefficient (Wildman–Crippen LogP) is 1.27. The number of nitrogens with zero attached hydrogens (tertiary/aromatic N) is 1. The lowest BCUT2D eigenvalue weighted by molar-refractivity contribution is -0.113. The number of rotatable bonds is 3. The van der Waals surface area contributed by atoms with E-state index in [1.54, 1.807) is 6.08 Å². The van der Waals surface area contributed by atoms with Crippen molar-refractivity contribution in [2.24, 2.45) is 0 Å². The molecule has 123 valence electrons. The van der Waals surface area contributed by atoms with E-state index in [0.717, 1.165) is 11.8 Å². The third-order valence-corrected chi connectivity index (χ3v) is 3.96. The summed E-state index contributed by atoms with van der Waals surface area (Å²) in [6, 6.07) is 0. The summed E-state index contributed by atoms with van der Waals surface area (Å²) in [6.07, 6.45) is 4.56. The smallest absolute Gasteiger partial charge is 0.346 e. The lowest BCUT2D eigenvalue weighted by atomic mass is 9.95. The second-order valence-corrected chi connectivity index (χ2v) is 5.53. The molecule has 8 heteroatoms. The van der Waals surface area contributed by atoms with Crippen molar-refractivity contribution in [3.8, 4) is 0 Å². The Morgan fingerprint density at radius 1 is 1.52 bits per heavy atom. The van der Waals surface area contributed by atoms with Gasteiger partial charge in [-0.3, -0.25) is 0 Å². The van der Waals surface area contributed by atoms with Crippen molar-refractivity contribution < 1.29 is 18.6 Å². The molecule has 3 atom stereocenters. The van der Waals surface area contributed by atoms with Crippen molar-refractivity contribution >= 4 is 5.82 Å². The molecule has 0 unspecified atom stereocenters. The van der Waals surface area contributed by atoms with Gasteiger partial charge in [0.25, 0.3) is 0 Å². The van der Waals surface area contributed by atoms with Gasteiger partial charge in [-0.25, -0.2) is 13.6 Å². The zero-order chi connectivity index (χ0) is 16.6. The van der Waals surface area contributed by atoms with Crippen LogP contribution in [0.5, 0.6) is 0 Å². The molecule has 4 N–H and O–H groups in total. The Morgan fingerprint density at radius 3 is 2.96 bits per heavy atom. The standard InChI is InChI=1S/C15H16F2N3O3/c16-15(17)11(21)10(6-8-4-2-1-3-5-8)23-12(15)9-7-19-14(22)20-13(9)18/h1-2,4-5,7,10-12,21H,3,6H2,(H3,18,19,20,22)/t10-,11-,12-/m1/s1. The number of allylic oxidation sites excluding steroid dienone is 3. The van der Waals surface area contributed by atoms with Crippen molar-refractivity contribution in [2.45, 2.75) is 37.1 Å². The largest absolute Gasteiger partial charge is 0.384 e. The van der Waals surface area contributed by atoms with Crippen LogP contribution in [0.4, 0.5) is 14.6 Å². The predicted molar refractivity (Wildman–Crippen MR) is 78.6 cm³/mol. The van der Waals surface area contributed by atoms with Crippen LogP contribution in [0, 0.1) is 6.42 Å². The number of hydrogen-bond acceptors (Lipinski definition) is 5. The van der Waals surface area contributed by atoms with Gasteiger partial charge in [-0.2, -0.15) is 4.98 Å². The highest BCUT2D eigenvalue weighted by Crippen LogP contribution is 2.48. The van der Waals surface area contributed by atoms with Gasteiger partial charge in [0.2, 0.25) is 0 Å². The molecule has 2 heterocycles. The number of aromatic nitrogens is 2. The summed E-state index contributed by atoms with van der Waals surface area (Å²) in [5, 5.41) is 9.96. The fraction of sp³-hybridized carbons (Fsp3) is 0.400. The molecule has 0 aromatic carbocycles. The molecule has 1 fully saturated rings. The molecule has 0 spiro atoms. The number of aromatic amines is 1. The molecule has 6 nitrogen and oxygen atoms in total. The van der Waals surface area contributed by atoms with Crippen LogP contribution < -0.4 is 11.4 Å². The quantitative estimate of drug-likeness (QED) is 0.777. The van der Waals surface area contributed by atoms with E-state index < -0.39 is 29.9 Å². The van der Waals surface area contributed by atoms with Crippen molar-refractivity contribution in [3.63, 3.8) is 0 Å². The van der Waals surface area contributed by atoms with Crippen LogP contribution >= 0.6 is 0 Å². The highest BCUT2D eigenvalue weighted by molar-refractivity contribution is 5.40. The van der Waals surface area contributed by atoms with Crippen molar-refractivity contribution in [2.75, 3.05) is 5.73 Å². The third kappa shape index (κ3) is 2.91. The first-order valence-electron chi connectivity index (χ1n) is 7.15. The minimum Gasteiger partial charge on any atom is -0.384 e. The van der Waals surface area contributed by atoms with Gasteiger partial charge in [0.05, 0.1) is 6.10 Å². The van der Waals surface area contributed by atoms with E-state index in [1.165, 1.54) is 0 Å². The van der Waals surface area contributed by atoms with E-state index in [9.17, 15) is 18.7 Å². The molecule has 1 aromatic rings. The van der Waals surface area contributed by atoms with Gasteiger partial charge in [-0.05, 0) is 19.3 Å². The Morgan fingerprint density at radius 2 is 2.30 bits per heavy atom. The molecule has 1 radical (unpaired) electrons. The van der Waals surface area contributed by atoms with Crippen LogP contribution in [0.1, 0.15) is 24.5 Å². The number of aliphatic hydroxyl groups is 1. The summed E-state index contributed by atoms with van der Waals surface area (Å²) in [5.74, 6) is -3.87. The summed E-state index contributed by atoms with van der Waals surface area (Å²) >= 11 is 0. The molecule has 23 heavy (non-hydrogen) atoms. The van der Waals surface area contributed by atoms with E-state index in [1.807, 2.05) is 18.6 Å². The van der Waals surface area contributed by atoms with Gasteiger partial charge in [-0.1, -0.05) is 23.8 Å². The molecule has 2 aliphatic rings. The van der Waals surface area contributed by atoms with Gasteiger partial charge in [-0.15, -0.1) is 0 Å². The minimum atomic E-state index is -3.54. The van der Waals surface area contributed by atoms with E-state index in [2.05, 4.69) is 9.97 Å². The van der Waals surface area contributed by atoms with Crippen LogP contribution in [0.2, 0.25) is 0 Å². The van der Waals surface area contributed by atoms with Gasteiger partial charge in [0.1, 0.15) is 11.9 Å². The first-order chi connectivity index (χ1) is 10.9. The Labute approximate surface area is 130 Å². The number of nitrogens with two attached hydrogens (primary N) is 1. The maximum Gasteiger partial charge on any atom is 0.346 e. The van der Waals surface area contributed by atoms with Gasteiger partial charge in [0.15, 0.2) is 6.10 Å². The summed E-state index contributed by atoms with van der Waals surface area (Å²) < 4.78 is 34.1. The summed E-state index contributed by atoms with van der Waals surface area (Å²) in [4.78, 5) is 16.7. The molecule has 0 bridgehead atoms. The first-order valence-corrected chi connectivity index (χ1v) is 7.15. The first kappa shape index (κ1) is 15.8. The van der Waals surface area contributed by atoms with E-state index in [0.29, 0.717) is 6.42 Å². The lowest BCUT2D eigenvalue weighted by Crippen LogP contribution is -2.37. The van der Waals surface area contributed by atoms with E-state index >= 15 is 0 Å². The molecule has 3 rings (SSSR count). The zero-order valence-corrected chi connectivity index (χ0v) is 12.1. The van der Waals surface area contributed by atoms with Crippen molar-refractivity contribution in [3.05, 3.63) is 52.5 Å². The Balaban J connectivity index is 1.86. The van der Waals surface area contributed by atoms with Crippen LogP contribution in [0.3, 0.4) is 0 Å². The molecular weight excluding hydrogens is 308 g/mol. The number of H-pyrrole nitrogens is 1. The molecular formula is C15H16F2N3O3. The van der Waals surface area contributed by atoms with Crippen LogP contribution in [0.15, 0.2) is 34.8 Å². The average molecular weight is 324 g/mol. The van der Waals surface area contributed by atoms with Crippen LogP contribution in [-0.2, 0) is 4.74 Å². The molecule has 1 aliphatic carbocycles. The number of alkyl halides is 2. The number of aliphatic hydroxyl groups excluding tert-OH is 1. The molecule has 1 saturated heterocycles. The number of nitrogen functional groups attached to an aromatic ring is 1. The Bertz CT molecular complexity index is 714. The highest BCUT2D eigenvalue weighted by Gasteiger charge is 2.59. The number of ether oxygens (including phenoxy) is 1. The van der Waals surface area contributed by atoms with Crippen LogP contribution in [-0.4, -0.2) is 33.2 Å². The number of anilines is 1. The topological polar surface area (TPSA) is 101 Å². The van der Waals surface area contributed by atoms with Gasteiger partial charge < -0.3 is 20.6 Å². The fourth-order valence-corrected chi connectivity index (χ4v) is 2.75. The van der Waals surface area contributed by atoms with Crippen molar-refractivity contribution in [1.29, 1.82) is 0 Å². The second kappa shape index (κ2) is 5.86. The third-order valence-electron chi connectivity index (χ3n) is 3.96. The van der Waals surface area contributed by atoms with E-state index in [-0.39, 0.29) is 17.8 Å². The zero-order valence-electron chi connectivity index (χ0n) is 12.1. The van der Waals surface area contributed by atoms with Crippen molar-refractivity contribution in [1.82, 2.24) is 9.97 Å². The van der Waals surface area contributed by atoms with Gasteiger partial charge in [0, 0.05) is 11.8 Å². The van der Waals surface area contributed by atoms with Gasteiger partial charge >= 0.3 is 11.6 Å². The SMILES string of the molecule is Nc1nc(=O)[nH]cc1[C@H]1O[C@H](CC2=CC=CC[CH]2)[C@@H](O)C1(F)F. The normalized spacial score (nSPS) is 29.5. The molecule has 0 amide bonds. The minimum absolute atomic E-state index is 0.141. The second-order valence-electron chi connectivity index (χ2n) is 5.53. The monoisotopic (exact) mass is 324 g/mol. The maximum absolute atomic E-state index is 14.4. The average Bonchev–Trinajstić information content (AvgIpc) is 2.72. The maximum atomic E-state index is 14.4. The van der Waals surface area contributed by atoms with E-state index in [4.69, 9.17) is 10.5 Å². The fourth-order valence-electron chi connectivity index (χ4n) is 2.75. The number of halogens is 2. The number of nitrogens with one attached hydrogen (secondary N) is 1. The summed E-state index contributed by atoms with van der Waals surface area (Å²) in [5.41, 5.74) is 5.49. The van der Waals surface area contributed by atoms with Crippen LogP contribution in [0.25, 0.3) is 0 Å². The molecule has 1 aliphatic heterocycles. The molecule has 0 saturated carbocycles.